The van der Waals surface area contributed by atoms with Gasteiger partial charge in [-0.15, -0.1) is 0 Å². The van der Waals surface area contributed by atoms with Crippen LogP contribution in [0, 0.1) is 6.92 Å². The largest absolute Gasteiger partial charge is 0.451 e. The molecule has 1 aromatic rings. The first-order chi connectivity index (χ1) is 7.50. The van der Waals surface area contributed by atoms with Crippen molar-refractivity contribution in [2.24, 2.45) is 5.73 Å². The summed E-state index contributed by atoms with van der Waals surface area (Å²) in [5, 5.41) is 0.0131. The summed E-state index contributed by atoms with van der Waals surface area (Å²) in [7, 11) is -3.49. The predicted molar refractivity (Wildman–Crippen MR) is 59.4 cm³/mol. The molecule has 2 heterocycles. The van der Waals surface area contributed by atoms with E-state index in [0.717, 1.165) is 18.4 Å². The Kier molecular flexibility index (Phi) is 3.05. The maximum Gasteiger partial charge on any atom is 0.276 e. The van der Waals surface area contributed by atoms with E-state index in [-0.39, 0.29) is 11.1 Å². The molecule has 0 amide bonds. The first-order valence-electron chi connectivity index (χ1n) is 5.31. The van der Waals surface area contributed by atoms with Crippen molar-refractivity contribution < 1.29 is 12.8 Å². The second-order valence-electron chi connectivity index (χ2n) is 4.21. The molecular formula is C10H16N2O3S. The summed E-state index contributed by atoms with van der Waals surface area (Å²) in [5.41, 5.74) is 6.57. The van der Waals surface area contributed by atoms with Gasteiger partial charge in [0, 0.05) is 25.2 Å². The summed E-state index contributed by atoms with van der Waals surface area (Å²) >= 11 is 0. The lowest BCUT2D eigenvalue weighted by atomic mass is 10.1. The highest BCUT2D eigenvalue weighted by Gasteiger charge is 2.30. The third-order valence-corrected chi connectivity index (χ3v) is 4.46. The molecule has 0 bridgehead atoms. The van der Waals surface area contributed by atoms with Gasteiger partial charge in [0.05, 0.1) is 6.26 Å². The molecule has 0 aromatic carbocycles. The van der Waals surface area contributed by atoms with Crippen molar-refractivity contribution in [1.29, 1.82) is 0 Å². The van der Waals surface area contributed by atoms with Gasteiger partial charge < -0.3 is 10.2 Å². The van der Waals surface area contributed by atoms with Gasteiger partial charge in [0.1, 0.15) is 0 Å². The molecule has 2 rings (SSSR count). The Morgan fingerprint density at radius 1 is 1.56 bits per heavy atom. The number of furan rings is 1. The fourth-order valence-electron chi connectivity index (χ4n) is 1.86. The second-order valence-corrected chi connectivity index (χ2v) is 6.08. The van der Waals surface area contributed by atoms with E-state index in [0.29, 0.717) is 13.1 Å². The number of hydrogen-bond acceptors (Lipinski definition) is 4. The second kappa shape index (κ2) is 4.20. The zero-order chi connectivity index (χ0) is 11.8. The zero-order valence-corrected chi connectivity index (χ0v) is 10.0. The molecule has 16 heavy (non-hydrogen) atoms. The van der Waals surface area contributed by atoms with Gasteiger partial charge in [-0.05, 0) is 25.3 Å². The minimum atomic E-state index is -3.49. The minimum Gasteiger partial charge on any atom is -0.451 e. The first kappa shape index (κ1) is 11.6. The SMILES string of the molecule is Cc1coc(S(=O)(=O)N2CCC[C@H](N)C2)c1. The highest BCUT2D eigenvalue weighted by Crippen LogP contribution is 2.21. The number of rotatable bonds is 2. The summed E-state index contributed by atoms with van der Waals surface area (Å²) in [6.07, 6.45) is 3.13. The molecule has 1 atom stereocenters. The van der Waals surface area contributed by atoms with Crippen molar-refractivity contribution in [2.45, 2.75) is 30.9 Å². The summed E-state index contributed by atoms with van der Waals surface area (Å²) in [6, 6.07) is 1.47. The maximum atomic E-state index is 12.1. The summed E-state index contributed by atoms with van der Waals surface area (Å²) in [6.45, 7) is 2.70. The highest BCUT2D eigenvalue weighted by molar-refractivity contribution is 7.89. The van der Waals surface area contributed by atoms with Gasteiger partial charge in [0.25, 0.3) is 10.0 Å². The van der Waals surface area contributed by atoms with Crippen LogP contribution in [0.4, 0.5) is 0 Å². The minimum absolute atomic E-state index is 0.0131. The van der Waals surface area contributed by atoms with E-state index in [1.807, 2.05) is 0 Å². The van der Waals surface area contributed by atoms with Crippen molar-refractivity contribution in [2.75, 3.05) is 13.1 Å². The fraction of sp³-hybridized carbons (Fsp3) is 0.600. The molecule has 0 spiro atoms. The van der Waals surface area contributed by atoms with Gasteiger partial charge in [0.2, 0.25) is 5.09 Å². The summed E-state index contributed by atoms with van der Waals surface area (Å²) in [4.78, 5) is 0. The smallest absolute Gasteiger partial charge is 0.276 e. The monoisotopic (exact) mass is 244 g/mol. The third kappa shape index (κ3) is 2.14. The standard InChI is InChI=1S/C10H16N2O3S/c1-8-5-10(15-7-8)16(13,14)12-4-2-3-9(11)6-12/h5,7,9H,2-4,6,11H2,1H3/t9-/m0/s1. The van der Waals surface area contributed by atoms with E-state index < -0.39 is 10.0 Å². The van der Waals surface area contributed by atoms with Gasteiger partial charge in [-0.25, -0.2) is 8.42 Å². The number of hydrogen-bond donors (Lipinski definition) is 1. The number of piperidine rings is 1. The van der Waals surface area contributed by atoms with Crippen LogP contribution in [0.3, 0.4) is 0 Å². The van der Waals surface area contributed by atoms with Crippen molar-refractivity contribution in [3.8, 4) is 0 Å². The molecule has 1 aliphatic heterocycles. The molecule has 90 valence electrons. The Morgan fingerprint density at radius 2 is 2.31 bits per heavy atom. The Morgan fingerprint density at radius 3 is 2.88 bits per heavy atom. The van der Waals surface area contributed by atoms with Crippen LogP contribution in [-0.4, -0.2) is 31.9 Å². The Labute approximate surface area is 95.3 Å². The van der Waals surface area contributed by atoms with Gasteiger partial charge in [0.15, 0.2) is 0 Å². The summed E-state index contributed by atoms with van der Waals surface area (Å²) in [5.74, 6) is 0. The van der Waals surface area contributed by atoms with Crippen LogP contribution in [0.1, 0.15) is 18.4 Å². The average molecular weight is 244 g/mol. The number of nitrogens with two attached hydrogens (primary N) is 1. The number of aryl methyl sites for hydroxylation is 1. The molecule has 0 aliphatic carbocycles. The Balaban J connectivity index is 2.25. The molecule has 0 radical (unpaired) electrons. The van der Waals surface area contributed by atoms with Gasteiger partial charge >= 0.3 is 0 Å². The third-order valence-electron chi connectivity index (χ3n) is 2.72. The normalized spacial score (nSPS) is 23.5. The van der Waals surface area contributed by atoms with Crippen molar-refractivity contribution in [3.63, 3.8) is 0 Å². The first-order valence-corrected chi connectivity index (χ1v) is 6.75. The Bertz CT molecular complexity index is 466. The van der Waals surface area contributed by atoms with Gasteiger partial charge in [-0.1, -0.05) is 0 Å². The van der Waals surface area contributed by atoms with E-state index >= 15 is 0 Å². The molecule has 1 saturated heterocycles. The fourth-order valence-corrected chi connectivity index (χ4v) is 3.38. The molecular weight excluding hydrogens is 228 g/mol. The highest BCUT2D eigenvalue weighted by atomic mass is 32.2. The van der Waals surface area contributed by atoms with E-state index in [1.165, 1.54) is 16.6 Å². The maximum absolute atomic E-state index is 12.1. The van der Waals surface area contributed by atoms with Crippen molar-refractivity contribution in [1.82, 2.24) is 4.31 Å². The molecule has 1 aromatic heterocycles. The molecule has 1 fully saturated rings. The zero-order valence-electron chi connectivity index (χ0n) is 9.22. The van der Waals surface area contributed by atoms with Crippen LogP contribution in [0.25, 0.3) is 0 Å². The molecule has 2 N–H and O–H groups in total. The van der Waals surface area contributed by atoms with Crippen molar-refractivity contribution >= 4 is 10.0 Å². The van der Waals surface area contributed by atoms with Crippen molar-refractivity contribution in [3.05, 3.63) is 17.9 Å². The van der Waals surface area contributed by atoms with E-state index in [2.05, 4.69) is 0 Å². The predicted octanol–water partition coefficient (Wildman–Crippen LogP) is 0.700. The molecule has 1 aliphatic rings. The van der Waals surface area contributed by atoms with E-state index in [9.17, 15) is 8.42 Å². The van der Waals surface area contributed by atoms with Crippen LogP contribution in [0.2, 0.25) is 0 Å². The van der Waals surface area contributed by atoms with Gasteiger partial charge in [-0.2, -0.15) is 4.31 Å². The quantitative estimate of drug-likeness (QED) is 0.830. The lowest BCUT2D eigenvalue weighted by Crippen LogP contribution is -2.45. The lowest BCUT2D eigenvalue weighted by molar-refractivity contribution is 0.306. The average Bonchev–Trinajstić information content (AvgIpc) is 2.65. The summed E-state index contributed by atoms with van der Waals surface area (Å²) < 4.78 is 30.7. The Hall–Kier alpha value is -0.850. The number of nitrogens with zero attached hydrogens (tertiary/aromatic N) is 1. The van der Waals surface area contributed by atoms with Crippen LogP contribution in [0.5, 0.6) is 0 Å². The lowest BCUT2D eigenvalue weighted by Gasteiger charge is -2.28. The topological polar surface area (TPSA) is 76.5 Å². The van der Waals surface area contributed by atoms with Crippen LogP contribution >= 0.6 is 0 Å². The van der Waals surface area contributed by atoms with Crippen LogP contribution in [0.15, 0.2) is 21.8 Å². The molecule has 0 saturated carbocycles. The molecule has 5 nitrogen and oxygen atoms in total. The molecule has 0 unspecified atom stereocenters. The van der Waals surface area contributed by atoms with Crippen LogP contribution in [-0.2, 0) is 10.0 Å². The van der Waals surface area contributed by atoms with E-state index in [1.54, 1.807) is 6.92 Å². The van der Waals surface area contributed by atoms with Gasteiger partial charge in [-0.3, -0.25) is 0 Å². The number of sulfonamides is 1. The molecule has 6 heteroatoms. The van der Waals surface area contributed by atoms with E-state index in [4.69, 9.17) is 10.2 Å². The van der Waals surface area contributed by atoms with Crippen LogP contribution < -0.4 is 5.73 Å².